The number of hydrogen-bond acceptors (Lipinski definition) is 4. The summed E-state index contributed by atoms with van der Waals surface area (Å²) in [6.07, 6.45) is 1.77. The molecule has 0 aliphatic heterocycles. The molecule has 2 heterocycles. The van der Waals surface area contributed by atoms with Gasteiger partial charge in [0.2, 0.25) is 0 Å². The van der Waals surface area contributed by atoms with Crippen LogP contribution in [0.4, 0.5) is 5.69 Å². The van der Waals surface area contributed by atoms with Crippen molar-refractivity contribution >= 4 is 11.6 Å². The number of nitrogens with zero attached hydrogens (tertiary/aromatic N) is 4. The largest absolute Gasteiger partial charge is 0.369 e. The van der Waals surface area contributed by atoms with E-state index in [0.29, 0.717) is 18.2 Å². The van der Waals surface area contributed by atoms with Crippen molar-refractivity contribution in [3.63, 3.8) is 0 Å². The van der Waals surface area contributed by atoms with Crippen molar-refractivity contribution in [3.8, 4) is 5.82 Å². The van der Waals surface area contributed by atoms with Crippen LogP contribution in [-0.2, 0) is 6.54 Å². The molecule has 29 heavy (non-hydrogen) atoms. The van der Waals surface area contributed by atoms with Gasteiger partial charge in [0.25, 0.3) is 5.91 Å². The first kappa shape index (κ1) is 20.6. The Labute approximate surface area is 172 Å². The molecule has 1 amide bonds. The fourth-order valence-electron chi connectivity index (χ4n) is 3.44. The van der Waals surface area contributed by atoms with Gasteiger partial charge in [-0.1, -0.05) is 6.07 Å². The van der Waals surface area contributed by atoms with Crippen LogP contribution < -0.4 is 10.2 Å². The van der Waals surface area contributed by atoms with E-state index in [1.807, 2.05) is 61.0 Å². The summed E-state index contributed by atoms with van der Waals surface area (Å²) in [5.41, 5.74) is 4.72. The van der Waals surface area contributed by atoms with Crippen LogP contribution in [0.15, 0.2) is 48.7 Å². The number of nitrogens with one attached hydrogen (secondary N) is 1. The zero-order valence-electron chi connectivity index (χ0n) is 17.8. The lowest BCUT2D eigenvalue weighted by molar-refractivity contribution is 0.0951. The van der Waals surface area contributed by atoms with E-state index in [1.165, 1.54) is 0 Å². The highest BCUT2D eigenvalue weighted by molar-refractivity contribution is 5.94. The number of aryl methyl sites for hydroxylation is 2. The number of carbonyl (C=O) groups excluding carboxylic acids is 1. The third-order valence-electron chi connectivity index (χ3n) is 4.91. The number of aromatic nitrogens is 3. The van der Waals surface area contributed by atoms with Gasteiger partial charge < -0.3 is 10.2 Å². The first-order valence-electron chi connectivity index (χ1n) is 10.0. The maximum absolute atomic E-state index is 12.5. The van der Waals surface area contributed by atoms with Crippen LogP contribution in [0, 0.1) is 13.8 Å². The van der Waals surface area contributed by atoms with Crippen molar-refractivity contribution < 1.29 is 4.79 Å². The van der Waals surface area contributed by atoms with Gasteiger partial charge in [-0.25, -0.2) is 9.67 Å². The fraction of sp³-hybridized carbons (Fsp3) is 0.348. The second-order valence-corrected chi connectivity index (χ2v) is 7.47. The van der Waals surface area contributed by atoms with Crippen LogP contribution in [-0.4, -0.2) is 33.3 Å². The molecule has 1 N–H and O–H groups in total. The van der Waals surface area contributed by atoms with Crippen LogP contribution in [0.25, 0.3) is 5.82 Å². The van der Waals surface area contributed by atoms with Crippen molar-refractivity contribution in [3.05, 3.63) is 71.2 Å². The SMILES string of the molecule is CCN(c1ccc(C(=O)NCc2ccc(-n3nc(C)cc3C)nc2)cc1)C(C)C. The number of amides is 1. The van der Waals surface area contributed by atoms with Crippen molar-refractivity contribution in [1.29, 1.82) is 0 Å². The average molecular weight is 392 g/mol. The minimum atomic E-state index is -0.0910. The van der Waals surface area contributed by atoms with Gasteiger partial charge >= 0.3 is 0 Å². The molecule has 0 saturated carbocycles. The Bertz CT molecular complexity index is 958. The molecular weight excluding hydrogens is 362 g/mol. The predicted octanol–water partition coefficient (Wildman–Crippen LogP) is 4.05. The molecule has 152 valence electrons. The highest BCUT2D eigenvalue weighted by atomic mass is 16.1. The fourth-order valence-corrected chi connectivity index (χ4v) is 3.44. The minimum absolute atomic E-state index is 0.0910. The first-order valence-corrected chi connectivity index (χ1v) is 10.0. The molecule has 0 aliphatic carbocycles. The van der Waals surface area contributed by atoms with Gasteiger partial charge in [0.1, 0.15) is 0 Å². The molecule has 0 unspecified atom stereocenters. The van der Waals surface area contributed by atoms with E-state index in [9.17, 15) is 4.79 Å². The lowest BCUT2D eigenvalue weighted by atomic mass is 10.1. The maximum Gasteiger partial charge on any atom is 0.251 e. The Morgan fingerprint density at radius 1 is 1.14 bits per heavy atom. The van der Waals surface area contributed by atoms with Crippen LogP contribution in [0.2, 0.25) is 0 Å². The normalized spacial score (nSPS) is 11.0. The summed E-state index contributed by atoms with van der Waals surface area (Å²) in [4.78, 5) is 19.2. The number of benzene rings is 1. The van der Waals surface area contributed by atoms with Gasteiger partial charge in [-0.05, 0) is 76.6 Å². The smallest absolute Gasteiger partial charge is 0.251 e. The van der Waals surface area contributed by atoms with E-state index in [-0.39, 0.29) is 5.91 Å². The summed E-state index contributed by atoms with van der Waals surface area (Å²) in [5, 5.41) is 7.40. The van der Waals surface area contributed by atoms with Crippen molar-refractivity contribution in [2.75, 3.05) is 11.4 Å². The molecule has 6 nitrogen and oxygen atoms in total. The molecule has 0 spiro atoms. The summed E-state index contributed by atoms with van der Waals surface area (Å²) < 4.78 is 1.82. The van der Waals surface area contributed by atoms with E-state index in [0.717, 1.165) is 35.0 Å². The molecular formula is C23H29N5O. The number of pyridine rings is 1. The lowest BCUT2D eigenvalue weighted by Gasteiger charge is -2.27. The predicted molar refractivity (Wildman–Crippen MR) is 117 cm³/mol. The van der Waals surface area contributed by atoms with Crippen LogP contribution in [0.3, 0.4) is 0 Å². The van der Waals surface area contributed by atoms with Gasteiger partial charge in [-0.3, -0.25) is 4.79 Å². The summed E-state index contributed by atoms with van der Waals surface area (Å²) >= 11 is 0. The van der Waals surface area contributed by atoms with Crippen molar-refractivity contribution in [1.82, 2.24) is 20.1 Å². The second kappa shape index (κ2) is 8.90. The van der Waals surface area contributed by atoms with Gasteiger partial charge in [0, 0.05) is 42.3 Å². The van der Waals surface area contributed by atoms with Crippen LogP contribution >= 0.6 is 0 Å². The topological polar surface area (TPSA) is 63.1 Å². The van der Waals surface area contributed by atoms with Gasteiger partial charge in [-0.15, -0.1) is 0 Å². The first-order chi connectivity index (χ1) is 13.9. The Kier molecular flexibility index (Phi) is 6.32. The third kappa shape index (κ3) is 4.83. The Morgan fingerprint density at radius 2 is 1.86 bits per heavy atom. The highest BCUT2D eigenvalue weighted by Gasteiger charge is 2.11. The zero-order chi connectivity index (χ0) is 21.0. The van der Waals surface area contributed by atoms with E-state index in [1.54, 1.807) is 6.20 Å². The Balaban J connectivity index is 1.61. The molecule has 0 bridgehead atoms. The van der Waals surface area contributed by atoms with Gasteiger partial charge in [-0.2, -0.15) is 5.10 Å². The molecule has 0 saturated heterocycles. The van der Waals surface area contributed by atoms with Crippen molar-refractivity contribution in [2.45, 2.75) is 47.2 Å². The Morgan fingerprint density at radius 3 is 2.38 bits per heavy atom. The Hall–Kier alpha value is -3.15. The highest BCUT2D eigenvalue weighted by Crippen LogP contribution is 2.18. The summed E-state index contributed by atoms with van der Waals surface area (Å²) in [6, 6.07) is 14.1. The molecule has 0 aliphatic rings. The zero-order valence-corrected chi connectivity index (χ0v) is 17.8. The van der Waals surface area contributed by atoms with Crippen LogP contribution in [0.5, 0.6) is 0 Å². The molecule has 2 aromatic heterocycles. The summed E-state index contributed by atoms with van der Waals surface area (Å²) in [5.74, 6) is 0.679. The second-order valence-electron chi connectivity index (χ2n) is 7.47. The van der Waals surface area contributed by atoms with E-state index in [4.69, 9.17) is 0 Å². The maximum atomic E-state index is 12.5. The van der Waals surface area contributed by atoms with Gasteiger partial charge in [0.15, 0.2) is 5.82 Å². The molecule has 6 heteroatoms. The quantitative estimate of drug-likeness (QED) is 0.660. The molecule has 1 aromatic carbocycles. The van der Waals surface area contributed by atoms with Gasteiger partial charge in [0.05, 0.1) is 5.69 Å². The summed E-state index contributed by atoms with van der Waals surface area (Å²) in [6.45, 7) is 11.8. The number of anilines is 1. The van der Waals surface area contributed by atoms with Crippen molar-refractivity contribution in [2.24, 2.45) is 0 Å². The van der Waals surface area contributed by atoms with Crippen LogP contribution in [0.1, 0.15) is 48.1 Å². The molecule has 0 fully saturated rings. The van der Waals surface area contributed by atoms with E-state index < -0.39 is 0 Å². The van der Waals surface area contributed by atoms with E-state index in [2.05, 4.69) is 41.1 Å². The average Bonchev–Trinajstić information content (AvgIpc) is 3.05. The van der Waals surface area contributed by atoms with E-state index >= 15 is 0 Å². The standard InChI is InChI=1S/C23H29N5O/c1-6-27(16(2)3)21-10-8-20(9-11-21)23(29)25-15-19-7-12-22(24-14-19)28-18(5)13-17(4)26-28/h7-14,16H,6,15H2,1-5H3,(H,25,29). The monoisotopic (exact) mass is 391 g/mol. The molecule has 3 aromatic rings. The minimum Gasteiger partial charge on any atom is -0.369 e. The number of hydrogen-bond donors (Lipinski definition) is 1. The molecule has 0 atom stereocenters. The lowest BCUT2D eigenvalue weighted by Crippen LogP contribution is -2.30. The third-order valence-corrected chi connectivity index (χ3v) is 4.91. The number of carbonyl (C=O) groups is 1. The number of rotatable bonds is 7. The summed E-state index contributed by atoms with van der Waals surface area (Å²) in [7, 11) is 0. The molecule has 0 radical (unpaired) electrons. The molecule has 3 rings (SSSR count).